The number of aliphatic imine (C=N–C) groups is 1. The van der Waals surface area contributed by atoms with Gasteiger partial charge in [0.25, 0.3) is 5.91 Å². The second-order valence-corrected chi connectivity index (χ2v) is 12.5. The molecule has 0 spiro atoms. The van der Waals surface area contributed by atoms with Gasteiger partial charge in [-0.1, -0.05) is 54.6 Å². The van der Waals surface area contributed by atoms with Crippen LogP contribution in [0.1, 0.15) is 35.0 Å². The lowest BCUT2D eigenvalue weighted by Gasteiger charge is -2.19. The van der Waals surface area contributed by atoms with Crippen LogP contribution in [0.2, 0.25) is 0 Å². The number of amides is 3. The van der Waals surface area contributed by atoms with Crippen LogP contribution in [0.4, 0.5) is 4.79 Å². The predicted octanol–water partition coefficient (Wildman–Crippen LogP) is 5.55. The van der Waals surface area contributed by atoms with Gasteiger partial charge in [-0.15, -0.1) is 11.3 Å². The molecule has 9 nitrogen and oxygen atoms in total. The summed E-state index contributed by atoms with van der Waals surface area (Å²) in [5, 5.41) is 10.4. The Labute approximate surface area is 266 Å². The number of nitrogens with one attached hydrogen (secondary N) is 3. The fourth-order valence-corrected chi connectivity index (χ4v) is 6.99. The molecule has 45 heavy (non-hydrogen) atoms. The van der Waals surface area contributed by atoms with Crippen molar-refractivity contribution in [2.45, 2.75) is 32.7 Å². The number of nitrogens with zero attached hydrogens (tertiary/aromatic N) is 2. The number of hydrogen-bond donors (Lipinski definition) is 3. The molecule has 6 rings (SSSR count). The molecule has 3 aliphatic rings. The summed E-state index contributed by atoms with van der Waals surface area (Å²) in [6, 6.07) is 16.3. The van der Waals surface area contributed by atoms with Crippen molar-refractivity contribution < 1.29 is 19.1 Å². The molecule has 1 aromatic heterocycles. The van der Waals surface area contributed by atoms with Crippen molar-refractivity contribution in [3.05, 3.63) is 94.7 Å². The summed E-state index contributed by atoms with van der Waals surface area (Å²) in [6.07, 6.45) is 8.77. The Hall–Kier alpha value is -4.70. The minimum atomic E-state index is -0.317. The second-order valence-electron chi connectivity index (χ2n) is 11.5. The van der Waals surface area contributed by atoms with Gasteiger partial charge in [0.2, 0.25) is 0 Å². The number of benzene rings is 2. The van der Waals surface area contributed by atoms with Crippen molar-refractivity contribution in [3.8, 4) is 11.1 Å². The molecule has 2 heterocycles. The van der Waals surface area contributed by atoms with Crippen molar-refractivity contribution in [1.82, 2.24) is 20.9 Å². The number of hydrogen-bond acceptors (Lipinski definition) is 6. The highest BCUT2D eigenvalue weighted by Crippen LogP contribution is 2.48. The third kappa shape index (κ3) is 6.56. The molecular formula is C35H37N5O4S. The number of urea groups is 1. The van der Waals surface area contributed by atoms with E-state index in [9.17, 15) is 14.4 Å². The predicted molar refractivity (Wildman–Crippen MR) is 178 cm³/mol. The molecule has 0 radical (unpaired) electrons. The van der Waals surface area contributed by atoms with Gasteiger partial charge in [0.1, 0.15) is 5.84 Å². The van der Waals surface area contributed by atoms with Gasteiger partial charge in [0.15, 0.2) is 0 Å². The third-order valence-corrected chi connectivity index (χ3v) is 9.77. The molecular weight excluding hydrogens is 586 g/mol. The maximum absolute atomic E-state index is 13.2. The van der Waals surface area contributed by atoms with Crippen LogP contribution in [0, 0.1) is 18.8 Å². The van der Waals surface area contributed by atoms with E-state index in [2.05, 4.69) is 51.3 Å². The summed E-state index contributed by atoms with van der Waals surface area (Å²) in [7, 11) is 1.74. The zero-order chi connectivity index (χ0) is 31.5. The van der Waals surface area contributed by atoms with Gasteiger partial charge in [-0.3, -0.25) is 9.79 Å². The molecule has 0 bridgehead atoms. The zero-order valence-corrected chi connectivity index (χ0v) is 26.4. The van der Waals surface area contributed by atoms with Crippen LogP contribution >= 0.6 is 11.3 Å². The van der Waals surface area contributed by atoms with E-state index in [-0.39, 0.29) is 35.8 Å². The average molecular weight is 624 g/mol. The first-order chi connectivity index (χ1) is 21.8. The number of fused-ring (bicyclic) bond motifs is 2. The number of esters is 1. The molecule has 3 aromatic rings. The number of likely N-dealkylation sites (N-methyl/N-ethyl adjacent to an activating group) is 1. The number of allylic oxidation sites excluding steroid dienone is 3. The summed E-state index contributed by atoms with van der Waals surface area (Å²) in [5.74, 6) is 0.482. The van der Waals surface area contributed by atoms with Gasteiger partial charge in [-0.25, -0.2) is 9.59 Å². The van der Waals surface area contributed by atoms with E-state index in [4.69, 9.17) is 4.74 Å². The largest absolute Gasteiger partial charge is 0.463 e. The molecule has 2 unspecified atom stereocenters. The van der Waals surface area contributed by atoms with E-state index >= 15 is 0 Å². The number of ether oxygens (including phenoxy) is 1. The van der Waals surface area contributed by atoms with Gasteiger partial charge in [0, 0.05) is 60.1 Å². The summed E-state index contributed by atoms with van der Waals surface area (Å²) < 4.78 is 6.25. The summed E-state index contributed by atoms with van der Waals surface area (Å²) in [5.41, 5.74) is 4.70. The first-order valence-corrected chi connectivity index (χ1v) is 16.1. The lowest BCUT2D eigenvalue weighted by molar-refractivity contribution is -0.138. The number of carbonyl (C=O) groups excluding carboxylic acids is 3. The van der Waals surface area contributed by atoms with Crippen molar-refractivity contribution >= 4 is 45.2 Å². The Morgan fingerprint density at radius 2 is 1.93 bits per heavy atom. The van der Waals surface area contributed by atoms with Crippen molar-refractivity contribution in [2.75, 3.05) is 26.7 Å². The third-order valence-electron chi connectivity index (χ3n) is 8.50. The van der Waals surface area contributed by atoms with Crippen LogP contribution in [0.25, 0.3) is 21.2 Å². The minimum Gasteiger partial charge on any atom is -0.463 e. The lowest BCUT2D eigenvalue weighted by atomic mass is 10.0. The van der Waals surface area contributed by atoms with E-state index < -0.39 is 0 Å². The van der Waals surface area contributed by atoms with Crippen LogP contribution in [0.15, 0.2) is 89.2 Å². The molecule has 2 aliphatic carbocycles. The highest BCUT2D eigenvalue weighted by atomic mass is 32.1. The highest BCUT2D eigenvalue weighted by molar-refractivity contribution is 7.21. The van der Waals surface area contributed by atoms with E-state index in [1.165, 1.54) is 11.3 Å². The van der Waals surface area contributed by atoms with Crippen molar-refractivity contribution in [1.29, 1.82) is 0 Å². The van der Waals surface area contributed by atoms with Crippen LogP contribution in [0.5, 0.6) is 0 Å². The molecule has 2 aromatic carbocycles. The van der Waals surface area contributed by atoms with Crippen LogP contribution < -0.4 is 16.0 Å². The monoisotopic (exact) mass is 623 g/mol. The van der Waals surface area contributed by atoms with Gasteiger partial charge in [-0.05, 0) is 54.5 Å². The Kier molecular flexibility index (Phi) is 8.84. The molecule has 10 heteroatoms. The number of carbonyl (C=O) groups is 3. The topological polar surface area (TPSA) is 112 Å². The van der Waals surface area contributed by atoms with Gasteiger partial charge >= 0.3 is 12.0 Å². The first kappa shape index (κ1) is 30.3. The van der Waals surface area contributed by atoms with Gasteiger partial charge in [0.05, 0.1) is 18.0 Å². The zero-order valence-electron chi connectivity index (χ0n) is 25.6. The average Bonchev–Trinajstić information content (AvgIpc) is 3.65. The Morgan fingerprint density at radius 1 is 1.11 bits per heavy atom. The lowest BCUT2D eigenvalue weighted by Crippen LogP contribution is -2.41. The normalized spacial score (nSPS) is 20.9. The molecule has 1 saturated carbocycles. The Morgan fingerprint density at radius 3 is 2.69 bits per heavy atom. The van der Waals surface area contributed by atoms with Crippen LogP contribution in [0.3, 0.4) is 0 Å². The summed E-state index contributed by atoms with van der Waals surface area (Å²) in [6.45, 7) is 5.00. The van der Waals surface area contributed by atoms with E-state index in [0.29, 0.717) is 43.0 Å². The highest BCUT2D eigenvalue weighted by Gasteiger charge is 2.54. The fourth-order valence-electron chi connectivity index (χ4n) is 5.91. The molecule has 3 amide bonds. The van der Waals surface area contributed by atoms with Crippen LogP contribution in [-0.2, 0) is 9.53 Å². The standard InChI is InChI=1S/C35H37N5O4S/c1-4-44-34(42)26-12-8-11-25-30(26)31(25)39-35(43)40(3)18-17-36-29-16-14-24(20-37-29)38-33(41)32-21(2)27-19-23(13-15-28(27)45-32)22-9-6-5-7-10-22/h5-13,15,19-20,25,30-31H,4,14,16-18H2,1-3H3,(H,36,37)(H,38,41)(H,39,43)/t25?,30?,31-/m0/s1. The number of thiophene rings is 1. The minimum absolute atomic E-state index is 0.0326. The molecule has 3 atom stereocenters. The van der Waals surface area contributed by atoms with E-state index in [0.717, 1.165) is 38.3 Å². The Bertz CT molecular complexity index is 1760. The van der Waals surface area contributed by atoms with Gasteiger partial charge in [-0.2, -0.15) is 0 Å². The molecule has 0 saturated heterocycles. The molecule has 1 aliphatic heterocycles. The first-order valence-electron chi connectivity index (χ1n) is 15.3. The SMILES string of the molecule is CCOC(=O)C1=CC=CC2C1[C@H]2NC(=O)N(C)CCN=C1CCC(NC(=O)c2sc3ccc(-c4ccccc4)cc3c2C)=CN1. The Balaban J connectivity index is 0.980. The quantitative estimate of drug-likeness (QED) is 0.271. The molecule has 3 N–H and O–H groups in total. The number of aryl methyl sites for hydroxylation is 1. The number of amidine groups is 1. The summed E-state index contributed by atoms with van der Waals surface area (Å²) in [4.78, 5) is 45.2. The number of rotatable bonds is 9. The maximum Gasteiger partial charge on any atom is 0.334 e. The fraction of sp³-hybridized carbons (Fsp3) is 0.314. The van der Waals surface area contributed by atoms with Gasteiger partial charge < -0.3 is 25.6 Å². The van der Waals surface area contributed by atoms with Crippen molar-refractivity contribution in [2.24, 2.45) is 16.8 Å². The van der Waals surface area contributed by atoms with Crippen molar-refractivity contribution in [3.63, 3.8) is 0 Å². The molecule has 1 fully saturated rings. The summed E-state index contributed by atoms with van der Waals surface area (Å²) >= 11 is 1.51. The van der Waals surface area contributed by atoms with E-state index in [1.807, 2.05) is 37.3 Å². The maximum atomic E-state index is 13.2. The smallest absolute Gasteiger partial charge is 0.334 e. The molecule has 232 valence electrons. The van der Waals surface area contributed by atoms with E-state index in [1.54, 1.807) is 31.1 Å². The second kappa shape index (κ2) is 13.1. The van der Waals surface area contributed by atoms with Crippen LogP contribution in [-0.4, -0.2) is 61.4 Å².